The number of hydrogen-bond acceptors (Lipinski definition) is 2. The molecule has 4 aromatic rings. The Morgan fingerprint density at radius 2 is 1.35 bits per heavy atom. The Kier molecular flexibility index (Phi) is 4.63. The zero-order valence-corrected chi connectivity index (χ0v) is 25.1. The van der Waals surface area contributed by atoms with Crippen molar-refractivity contribution in [3.63, 3.8) is 0 Å². The van der Waals surface area contributed by atoms with Crippen molar-refractivity contribution in [3.05, 3.63) is 106 Å². The summed E-state index contributed by atoms with van der Waals surface area (Å²) in [6.07, 6.45) is 1.01. The molecular formula is C38H40O2. The maximum Gasteiger partial charge on any atom is 0.185 e. The Hall–Kier alpha value is -2.94. The van der Waals surface area contributed by atoms with Gasteiger partial charge in [-0.2, -0.15) is 0 Å². The molecule has 2 heteroatoms. The van der Waals surface area contributed by atoms with Crippen LogP contribution in [0.5, 0.6) is 0 Å². The Morgan fingerprint density at radius 3 is 2.05 bits per heavy atom. The van der Waals surface area contributed by atoms with Crippen LogP contribution in [0.2, 0.25) is 0 Å². The first-order valence-corrected chi connectivity index (χ1v) is 15.0. The molecule has 4 aromatic carbocycles. The first kappa shape index (κ1) is 24.8. The largest absolute Gasteiger partial charge is 0.352 e. The minimum atomic E-state index is -0.681. The normalized spacial score (nSPS) is 28.8. The fourth-order valence-corrected chi connectivity index (χ4v) is 10.3. The number of ether oxygens (including phenoxy) is 2. The Balaban J connectivity index is 1.53. The summed E-state index contributed by atoms with van der Waals surface area (Å²) in [5, 5.41) is 2.71. The van der Waals surface area contributed by atoms with Gasteiger partial charge in [0.15, 0.2) is 5.79 Å². The number of rotatable bonds is 3. The van der Waals surface area contributed by atoms with Gasteiger partial charge in [-0.05, 0) is 85.0 Å². The van der Waals surface area contributed by atoms with Crippen molar-refractivity contribution in [1.29, 1.82) is 0 Å². The first-order valence-electron chi connectivity index (χ1n) is 15.0. The van der Waals surface area contributed by atoms with E-state index in [-0.39, 0.29) is 22.2 Å². The van der Waals surface area contributed by atoms with Crippen LogP contribution in [0.15, 0.2) is 66.7 Å². The van der Waals surface area contributed by atoms with Crippen LogP contribution in [0.1, 0.15) is 98.2 Å². The number of benzene rings is 4. The van der Waals surface area contributed by atoms with Crippen LogP contribution in [0.4, 0.5) is 0 Å². The molecule has 4 aliphatic carbocycles. The van der Waals surface area contributed by atoms with Gasteiger partial charge in [0.25, 0.3) is 0 Å². The maximum atomic E-state index is 6.38. The standard InChI is InChI=1S/C38H40O2/c1-9-21-20-26-29-25(34-37(6,38(34,39-7)40-8)31(26)23-15-11-10-14-22(21)23)18-19-28-30(29)33-32(36(28,4)5)24-16-12-13-17-27(24)35(33,2)3/h10-20,32-34H,9H2,1-8H3. The monoisotopic (exact) mass is 528 g/mol. The third kappa shape index (κ3) is 2.44. The molecule has 0 aliphatic heterocycles. The van der Waals surface area contributed by atoms with E-state index < -0.39 is 5.79 Å². The highest BCUT2D eigenvalue weighted by molar-refractivity contribution is 6.00. The summed E-state index contributed by atoms with van der Waals surface area (Å²) in [4.78, 5) is 0. The molecule has 2 nitrogen and oxygen atoms in total. The quantitative estimate of drug-likeness (QED) is 0.247. The molecule has 0 saturated heterocycles. The highest BCUT2D eigenvalue weighted by Crippen LogP contribution is 2.78. The summed E-state index contributed by atoms with van der Waals surface area (Å²) < 4.78 is 12.8. The summed E-state index contributed by atoms with van der Waals surface area (Å²) in [6, 6.07) is 25.7. The van der Waals surface area contributed by atoms with Gasteiger partial charge in [0.05, 0.1) is 11.3 Å². The van der Waals surface area contributed by atoms with Crippen LogP contribution in [-0.2, 0) is 32.1 Å². The average molecular weight is 529 g/mol. The van der Waals surface area contributed by atoms with Crippen LogP contribution in [-0.4, -0.2) is 20.0 Å². The van der Waals surface area contributed by atoms with Crippen molar-refractivity contribution < 1.29 is 9.47 Å². The highest BCUT2D eigenvalue weighted by Gasteiger charge is 2.80. The van der Waals surface area contributed by atoms with E-state index in [1.165, 1.54) is 55.3 Å². The molecule has 40 heavy (non-hydrogen) atoms. The summed E-state index contributed by atoms with van der Waals surface area (Å²) in [5.74, 6) is 0.334. The van der Waals surface area contributed by atoms with E-state index in [4.69, 9.17) is 9.47 Å². The number of methoxy groups -OCH3 is 2. The van der Waals surface area contributed by atoms with Crippen LogP contribution < -0.4 is 0 Å². The summed E-state index contributed by atoms with van der Waals surface area (Å²) in [6.45, 7) is 14.6. The molecule has 4 atom stereocenters. The third-order valence-electron chi connectivity index (χ3n) is 12.0. The second kappa shape index (κ2) is 7.46. The van der Waals surface area contributed by atoms with Gasteiger partial charge in [-0.15, -0.1) is 0 Å². The molecule has 0 N–H and O–H groups in total. The molecule has 8 rings (SSSR count). The fourth-order valence-electron chi connectivity index (χ4n) is 10.3. The zero-order valence-electron chi connectivity index (χ0n) is 25.1. The van der Waals surface area contributed by atoms with Crippen molar-refractivity contribution in [2.45, 2.75) is 87.7 Å². The van der Waals surface area contributed by atoms with Crippen LogP contribution >= 0.6 is 0 Å². The van der Waals surface area contributed by atoms with E-state index in [9.17, 15) is 0 Å². The van der Waals surface area contributed by atoms with Gasteiger partial charge in [0.2, 0.25) is 0 Å². The Bertz CT molecular complexity index is 1750. The zero-order chi connectivity index (χ0) is 28.0. The minimum Gasteiger partial charge on any atom is -0.352 e. The van der Waals surface area contributed by atoms with Gasteiger partial charge in [0, 0.05) is 26.1 Å². The third-order valence-corrected chi connectivity index (χ3v) is 12.0. The first-order chi connectivity index (χ1) is 19.1. The topological polar surface area (TPSA) is 18.5 Å². The second-order valence-corrected chi connectivity index (χ2v) is 14.0. The molecule has 1 fully saturated rings. The second-order valence-electron chi connectivity index (χ2n) is 14.0. The van der Waals surface area contributed by atoms with E-state index >= 15 is 0 Å². The maximum absolute atomic E-state index is 6.38. The molecule has 0 heterocycles. The van der Waals surface area contributed by atoms with Gasteiger partial charge in [-0.25, -0.2) is 0 Å². The molecule has 0 bridgehead atoms. The lowest BCUT2D eigenvalue weighted by Crippen LogP contribution is -2.27. The van der Waals surface area contributed by atoms with Crippen molar-refractivity contribution >= 4 is 10.8 Å². The molecular weight excluding hydrogens is 488 g/mol. The predicted octanol–water partition coefficient (Wildman–Crippen LogP) is 8.88. The Morgan fingerprint density at radius 1 is 0.700 bits per heavy atom. The lowest BCUT2D eigenvalue weighted by molar-refractivity contribution is -0.146. The molecule has 0 radical (unpaired) electrons. The van der Waals surface area contributed by atoms with Gasteiger partial charge in [-0.3, -0.25) is 0 Å². The van der Waals surface area contributed by atoms with Gasteiger partial charge < -0.3 is 9.47 Å². The lowest BCUT2D eigenvalue weighted by atomic mass is 9.68. The fraction of sp³-hybridized carbons (Fsp3) is 0.421. The molecule has 0 amide bonds. The predicted molar refractivity (Wildman–Crippen MR) is 164 cm³/mol. The van der Waals surface area contributed by atoms with Crippen LogP contribution in [0, 0.1) is 0 Å². The molecule has 0 spiro atoms. The minimum absolute atomic E-state index is 0.0351. The van der Waals surface area contributed by atoms with E-state index in [0.717, 1.165) is 6.42 Å². The van der Waals surface area contributed by atoms with Crippen LogP contribution in [0.25, 0.3) is 21.9 Å². The van der Waals surface area contributed by atoms with E-state index in [1.807, 2.05) is 14.2 Å². The van der Waals surface area contributed by atoms with Crippen molar-refractivity contribution in [2.75, 3.05) is 14.2 Å². The molecule has 4 unspecified atom stereocenters. The van der Waals surface area contributed by atoms with Gasteiger partial charge >= 0.3 is 0 Å². The number of fused-ring (bicyclic) bond motifs is 14. The molecule has 0 aromatic heterocycles. The lowest BCUT2D eigenvalue weighted by Gasteiger charge is -2.34. The molecule has 4 aliphatic rings. The van der Waals surface area contributed by atoms with E-state index in [2.05, 4.69) is 108 Å². The summed E-state index contributed by atoms with van der Waals surface area (Å²) in [7, 11) is 3.66. The SMILES string of the molecule is CCc1cc2c(c3ccccc13)C1(C)C(c3ccc4c(c3-2)C2C(c3ccccc3C2(C)C)C4(C)C)C1(OC)OC. The smallest absolute Gasteiger partial charge is 0.185 e. The van der Waals surface area contributed by atoms with Crippen LogP contribution in [0.3, 0.4) is 0 Å². The van der Waals surface area contributed by atoms with Gasteiger partial charge in [0.1, 0.15) is 0 Å². The number of aryl methyl sites for hydroxylation is 1. The number of hydrogen-bond donors (Lipinski definition) is 0. The average Bonchev–Trinajstić information content (AvgIpc) is 3.30. The van der Waals surface area contributed by atoms with E-state index in [0.29, 0.717) is 11.8 Å². The highest BCUT2D eigenvalue weighted by atomic mass is 16.7. The molecule has 204 valence electrons. The van der Waals surface area contributed by atoms with Crippen molar-refractivity contribution in [3.8, 4) is 11.1 Å². The van der Waals surface area contributed by atoms with Gasteiger partial charge in [-0.1, -0.05) is 101 Å². The van der Waals surface area contributed by atoms with Crippen molar-refractivity contribution in [2.24, 2.45) is 0 Å². The van der Waals surface area contributed by atoms with E-state index in [1.54, 1.807) is 5.56 Å². The Labute approximate surface area is 238 Å². The molecule has 1 saturated carbocycles. The van der Waals surface area contributed by atoms with Crippen molar-refractivity contribution in [1.82, 2.24) is 0 Å². The summed E-state index contributed by atoms with van der Waals surface area (Å²) >= 11 is 0. The summed E-state index contributed by atoms with van der Waals surface area (Å²) in [5.41, 5.74) is 13.1.